The van der Waals surface area contributed by atoms with Crippen LogP contribution in [0.4, 0.5) is 0 Å². The number of hydrogen-bond donors (Lipinski definition) is 1. The first kappa shape index (κ1) is 15.7. The topological polar surface area (TPSA) is 45.2 Å². The van der Waals surface area contributed by atoms with Crippen LogP contribution in [-0.4, -0.2) is 35.4 Å². The number of likely N-dealkylation sites (tertiary alicyclic amines) is 1. The van der Waals surface area contributed by atoms with Crippen LogP contribution in [0.2, 0.25) is 0 Å². The molecule has 1 fully saturated rings. The Labute approximate surface area is 137 Å². The third-order valence-electron chi connectivity index (χ3n) is 4.51. The molecule has 1 N–H and O–H groups in total. The molecule has 1 aromatic carbocycles. The average molecular weight is 309 g/mol. The van der Waals surface area contributed by atoms with Crippen molar-refractivity contribution in [3.63, 3.8) is 0 Å². The minimum atomic E-state index is -0.0594. The highest BCUT2D eigenvalue weighted by molar-refractivity contribution is 5.93. The molecule has 1 aliphatic rings. The van der Waals surface area contributed by atoms with Crippen molar-refractivity contribution >= 4 is 5.91 Å². The van der Waals surface area contributed by atoms with E-state index in [2.05, 4.69) is 46.4 Å². The molecular weight excluding hydrogens is 286 g/mol. The molecule has 1 aliphatic heterocycles. The summed E-state index contributed by atoms with van der Waals surface area (Å²) in [5, 5.41) is 3.08. The summed E-state index contributed by atoms with van der Waals surface area (Å²) in [5.74, 6) is -0.0594. The number of amides is 1. The monoisotopic (exact) mass is 309 g/mol. The summed E-state index contributed by atoms with van der Waals surface area (Å²) in [6.45, 7) is 4.96. The number of nitrogens with one attached hydrogen (secondary N) is 1. The number of benzene rings is 1. The summed E-state index contributed by atoms with van der Waals surface area (Å²) in [6, 6.07) is 12.3. The molecule has 4 nitrogen and oxygen atoms in total. The van der Waals surface area contributed by atoms with Gasteiger partial charge in [0.05, 0.1) is 11.6 Å². The number of aryl methyl sites for hydroxylation is 1. The van der Waals surface area contributed by atoms with Gasteiger partial charge < -0.3 is 5.32 Å². The second kappa shape index (κ2) is 7.38. The van der Waals surface area contributed by atoms with E-state index in [0.717, 1.165) is 13.1 Å². The second-order valence-electron chi connectivity index (χ2n) is 6.07. The molecule has 0 aliphatic carbocycles. The fourth-order valence-electron chi connectivity index (χ4n) is 3.24. The van der Waals surface area contributed by atoms with Crippen molar-refractivity contribution in [3.8, 4) is 0 Å². The van der Waals surface area contributed by atoms with Gasteiger partial charge in [0.25, 0.3) is 5.91 Å². The van der Waals surface area contributed by atoms with Crippen LogP contribution < -0.4 is 5.32 Å². The molecule has 2 heterocycles. The van der Waals surface area contributed by atoms with Crippen molar-refractivity contribution in [2.24, 2.45) is 0 Å². The van der Waals surface area contributed by atoms with E-state index in [1.165, 1.54) is 24.0 Å². The standard InChI is InChI=1S/C19H23N3O/c1-15-7-2-3-9-17(15)18(22-11-4-5-12-22)14-21-19(23)16-8-6-10-20-13-16/h2-3,6-10,13,18H,4-5,11-12,14H2,1H3,(H,21,23). The molecule has 0 saturated carbocycles. The predicted molar refractivity (Wildman–Crippen MR) is 91.3 cm³/mol. The maximum atomic E-state index is 12.3. The van der Waals surface area contributed by atoms with E-state index in [-0.39, 0.29) is 11.9 Å². The van der Waals surface area contributed by atoms with E-state index < -0.39 is 0 Å². The Kier molecular flexibility index (Phi) is 5.03. The number of carbonyl (C=O) groups is 1. The van der Waals surface area contributed by atoms with E-state index in [4.69, 9.17) is 0 Å². The fourth-order valence-corrected chi connectivity index (χ4v) is 3.24. The lowest BCUT2D eigenvalue weighted by molar-refractivity contribution is 0.0937. The zero-order chi connectivity index (χ0) is 16.1. The lowest BCUT2D eigenvalue weighted by atomic mass is 10.00. The van der Waals surface area contributed by atoms with Gasteiger partial charge in [0.15, 0.2) is 0 Å². The van der Waals surface area contributed by atoms with Gasteiger partial charge in [-0.2, -0.15) is 0 Å². The number of aromatic nitrogens is 1. The van der Waals surface area contributed by atoms with Crippen molar-refractivity contribution in [1.82, 2.24) is 15.2 Å². The molecule has 1 aromatic heterocycles. The van der Waals surface area contributed by atoms with Crippen molar-refractivity contribution in [2.75, 3.05) is 19.6 Å². The zero-order valence-corrected chi connectivity index (χ0v) is 13.5. The Morgan fingerprint density at radius 2 is 2.00 bits per heavy atom. The molecule has 1 amide bonds. The number of hydrogen-bond acceptors (Lipinski definition) is 3. The Hall–Kier alpha value is -2.20. The summed E-state index contributed by atoms with van der Waals surface area (Å²) in [6.07, 6.45) is 5.75. The minimum Gasteiger partial charge on any atom is -0.350 e. The lowest BCUT2D eigenvalue weighted by Crippen LogP contribution is -2.37. The summed E-state index contributed by atoms with van der Waals surface area (Å²) in [4.78, 5) is 18.8. The van der Waals surface area contributed by atoms with Crippen LogP contribution in [0.5, 0.6) is 0 Å². The SMILES string of the molecule is Cc1ccccc1C(CNC(=O)c1cccnc1)N1CCCC1. The van der Waals surface area contributed by atoms with E-state index in [0.29, 0.717) is 12.1 Å². The molecule has 1 saturated heterocycles. The largest absolute Gasteiger partial charge is 0.350 e. The Morgan fingerprint density at radius 1 is 1.22 bits per heavy atom. The van der Waals surface area contributed by atoms with E-state index in [1.54, 1.807) is 24.5 Å². The van der Waals surface area contributed by atoms with E-state index in [9.17, 15) is 4.79 Å². The van der Waals surface area contributed by atoms with Crippen LogP contribution >= 0.6 is 0 Å². The molecule has 1 atom stereocenters. The molecule has 4 heteroatoms. The summed E-state index contributed by atoms with van der Waals surface area (Å²) in [7, 11) is 0. The lowest BCUT2D eigenvalue weighted by Gasteiger charge is -2.29. The van der Waals surface area contributed by atoms with Crippen LogP contribution in [0, 0.1) is 6.92 Å². The van der Waals surface area contributed by atoms with Crippen molar-refractivity contribution < 1.29 is 4.79 Å². The van der Waals surface area contributed by atoms with Gasteiger partial charge in [0, 0.05) is 18.9 Å². The highest BCUT2D eigenvalue weighted by atomic mass is 16.1. The van der Waals surface area contributed by atoms with Crippen LogP contribution in [0.15, 0.2) is 48.8 Å². The van der Waals surface area contributed by atoms with Gasteiger partial charge in [-0.1, -0.05) is 24.3 Å². The molecule has 0 spiro atoms. The highest BCUT2D eigenvalue weighted by Gasteiger charge is 2.25. The Balaban J connectivity index is 1.74. The predicted octanol–water partition coefficient (Wildman–Crippen LogP) is 2.96. The van der Waals surface area contributed by atoms with Crippen molar-refractivity contribution in [2.45, 2.75) is 25.8 Å². The summed E-state index contributed by atoms with van der Waals surface area (Å²) in [5.41, 5.74) is 3.19. The molecule has 120 valence electrons. The first-order valence-electron chi connectivity index (χ1n) is 8.23. The zero-order valence-electron chi connectivity index (χ0n) is 13.5. The normalized spacial score (nSPS) is 16.2. The number of pyridine rings is 1. The minimum absolute atomic E-state index is 0.0594. The number of rotatable bonds is 5. The fraction of sp³-hybridized carbons (Fsp3) is 0.368. The summed E-state index contributed by atoms with van der Waals surface area (Å²) < 4.78 is 0. The number of carbonyl (C=O) groups excluding carboxylic acids is 1. The molecular formula is C19H23N3O. The van der Waals surface area contributed by atoms with Gasteiger partial charge >= 0.3 is 0 Å². The van der Waals surface area contributed by atoms with Gasteiger partial charge in [-0.25, -0.2) is 0 Å². The van der Waals surface area contributed by atoms with Gasteiger partial charge in [-0.15, -0.1) is 0 Å². The quantitative estimate of drug-likeness (QED) is 0.923. The van der Waals surface area contributed by atoms with Crippen LogP contribution in [-0.2, 0) is 0 Å². The van der Waals surface area contributed by atoms with Crippen molar-refractivity contribution in [1.29, 1.82) is 0 Å². The molecule has 2 aromatic rings. The van der Waals surface area contributed by atoms with E-state index in [1.807, 2.05) is 0 Å². The highest BCUT2D eigenvalue weighted by Crippen LogP contribution is 2.26. The van der Waals surface area contributed by atoms with Crippen LogP contribution in [0.3, 0.4) is 0 Å². The maximum absolute atomic E-state index is 12.3. The van der Waals surface area contributed by atoms with Crippen LogP contribution in [0.25, 0.3) is 0 Å². The van der Waals surface area contributed by atoms with Gasteiger partial charge in [-0.3, -0.25) is 14.7 Å². The van der Waals surface area contributed by atoms with Gasteiger partial charge in [-0.05, 0) is 56.1 Å². The average Bonchev–Trinajstić information content (AvgIpc) is 3.11. The molecule has 0 radical (unpaired) electrons. The van der Waals surface area contributed by atoms with Crippen LogP contribution in [0.1, 0.15) is 40.4 Å². The Morgan fingerprint density at radius 3 is 2.70 bits per heavy atom. The number of nitrogens with zero attached hydrogens (tertiary/aromatic N) is 2. The maximum Gasteiger partial charge on any atom is 0.252 e. The molecule has 23 heavy (non-hydrogen) atoms. The van der Waals surface area contributed by atoms with E-state index >= 15 is 0 Å². The Bertz CT molecular complexity index is 651. The third-order valence-corrected chi connectivity index (χ3v) is 4.51. The molecule has 1 unspecified atom stereocenters. The van der Waals surface area contributed by atoms with Crippen molar-refractivity contribution in [3.05, 3.63) is 65.5 Å². The molecule has 0 bridgehead atoms. The van der Waals surface area contributed by atoms with Gasteiger partial charge in [0.2, 0.25) is 0 Å². The smallest absolute Gasteiger partial charge is 0.252 e. The van der Waals surface area contributed by atoms with Gasteiger partial charge in [0.1, 0.15) is 0 Å². The first-order valence-corrected chi connectivity index (χ1v) is 8.23. The molecule has 3 rings (SSSR count). The second-order valence-corrected chi connectivity index (χ2v) is 6.07. The summed E-state index contributed by atoms with van der Waals surface area (Å²) >= 11 is 0. The third kappa shape index (κ3) is 3.77. The first-order chi connectivity index (χ1) is 11.3.